The molecule has 20 heavy (non-hydrogen) atoms. The topological polar surface area (TPSA) is 105 Å². The fourth-order valence-corrected chi connectivity index (χ4v) is 1.96. The van der Waals surface area contributed by atoms with Gasteiger partial charge in [-0.3, -0.25) is 9.59 Å². The van der Waals surface area contributed by atoms with Crippen molar-refractivity contribution in [1.29, 1.82) is 0 Å². The van der Waals surface area contributed by atoms with Crippen molar-refractivity contribution < 1.29 is 14.7 Å². The molecule has 1 aliphatic carbocycles. The van der Waals surface area contributed by atoms with Crippen LogP contribution in [0.15, 0.2) is 30.0 Å². The van der Waals surface area contributed by atoms with Gasteiger partial charge in [0.15, 0.2) is 0 Å². The zero-order valence-electron chi connectivity index (χ0n) is 11.2. The molecule has 6 heteroatoms. The molecule has 4 N–H and O–H groups in total. The Morgan fingerprint density at radius 3 is 2.90 bits per heavy atom. The van der Waals surface area contributed by atoms with Crippen LogP contribution in [-0.4, -0.2) is 22.5 Å². The number of carbonyl (C=O) groups excluding carboxylic acids is 1. The summed E-state index contributed by atoms with van der Waals surface area (Å²) in [6, 6.07) is 3.69. The lowest BCUT2D eigenvalue weighted by atomic mass is 10.1. The quantitative estimate of drug-likeness (QED) is 0.571. The highest BCUT2D eigenvalue weighted by Crippen LogP contribution is 2.20. The van der Waals surface area contributed by atoms with Crippen LogP contribution in [0, 0.1) is 0 Å². The van der Waals surface area contributed by atoms with Crippen LogP contribution in [0.1, 0.15) is 31.2 Å². The molecule has 0 atom stereocenters. The van der Waals surface area contributed by atoms with Crippen LogP contribution in [0.2, 0.25) is 0 Å². The second-order valence-corrected chi connectivity index (χ2v) is 4.36. The molecule has 0 aromatic carbocycles. The monoisotopic (exact) mass is 277 g/mol. The van der Waals surface area contributed by atoms with Crippen molar-refractivity contribution in [1.82, 2.24) is 10.3 Å². The maximum atomic E-state index is 11.7. The lowest BCUT2D eigenvalue weighted by Crippen LogP contribution is -2.23. The van der Waals surface area contributed by atoms with E-state index in [1.54, 1.807) is 6.20 Å². The summed E-state index contributed by atoms with van der Waals surface area (Å²) >= 11 is 0. The number of nitrogen functional groups attached to an aromatic ring is 1. The fourth-order valence-electron chi connectivity index (χ4n) is 1.96. The Morgan fingerprint density at radius 1 is 1.55 bits per heavy atom. The van der Waals surface area contributed by atoms with Crippen LogP contribution in [0.5, 0.6) is 0 Å². The smallest absolute Gasteiger partial charge is 0.290 e. The van der Waals surface area contributed by atoms with Crippen LogP contribution < -0.4 is 11.1 Å². The van der Waals surface area contributed by atoms with Crippen molar-refractivity contribution in [3.63, 3.8) is 0 Å². The predicted molar refractivity (Wildman–Crippen MR) is 75.7 cm³/mol. The number of anilines is 1. The Bertz CT molecular complexity index is 486. The number of aromatic nitrogens is 1. The number of carbonyl (C=O) groups is 2. The number of amides is 1. The van der Waals surface area contributed by atoms with Gasteiger partial charge in [0.05, 0.1) is 0 Å². The molecular weight excluding hydrogens is 258 g/mol. The molecule has 1 aliphatic rings. The minimum atomic E-state index is -0.250. The van der Waals surface area contributed by atoms with Crippen molar-refractivity contribution in [3.05, 3.63) is 35.5 Å². The molecule has 1 heterocycles. The van der Waals surface area contributed by atoms with E-state index in [2.05, 4.69) is 16.4 Å². The molecule has 6 nitrogen and oxygen atoms in total. The standard InChI is InChI=1S/C13H17N3O.CH2O2/c14-13-11(6-3-7-15-13)9-16-12(17)8-10-4-1-2-5-10;2-1-3/h3-4,6-7H,1-2,5,8-9H2,(H2,14,15)(H,16,17);1H,(H,2,3). The zero-order valence-corrected chi connectivity index (χ0v) is 11.2. The molecule has 0 bridgehead atoms. The first-order chi connectivity index (χ1) is 9.67. The van der Waals surface area contributed by atoms with Gasteiger partial charge in [-0.1, -0.05) is 17.7 Å². The Morgan fingerprint density at radius 2 is 2.30 bits per heavy atom. The average molecular weight is 277 g/mol. The SMILES string of the molecule is Nc1ncccc1CNC(=O)CC1=CCCC1.O=CO. The van der Waals surface area contributed by atoms with Gasteiger partial charge in [0, 0.05) is 24.7 Å². The van der Waals surface area contributed by atoms with E-state index in [1.165, 1.54) is 12.0 Å². The number of hydrogen-bond donors (Lipinski definition) is 3. The summed E-state index contributed by atoms with van der Waals surface area (Å²) < 4.78 is 0. The molecule has 1 aromatic heterocycles. The summed E-state index contributed by atoms with van der Waals surface area (Å²) in [6.45, 7) is 0.200. The van der Waals surface area contributed by atoms with Gasteiger partial charge >= 0.3 is 0 Å². The second kappa shape index (κ2) is 8.68. The fraction of sp³-hybridized carbons (Fsp3) is 0.357. The summed E-state index contributed by atoms with van der Waals surface area (Å²) in [6.07, 6.45) is 7.67. The summed E-state index contributed by atoms with van der Waals surface area (Å²) in [5.74, 6) is 0.536. The molecule has 1 amide bonds. The Kier molecular flexibility index (Phi) is 6.81. The van der Waals surface area contributed by atoms with Gasteiger partial charge in [0.25, 0.3) is 6.47 Å². The average Bonchev–Trinajstić information content (AvgIpc) is 2.91. The third kappa shape index (κ3) is 5.51. The van der Waals surface area contributed by atoms with E-state index in [0.29, 0.717) is 18.8 Å². The highest BCUT2D eigenvalue weighted by molar-refractivity contribution is 5.78. The number of pyridine rings is 1. The number of hydrogen-bond acceptors (Lipinski definition) is 4. The van der Waals surface area contributed by atoms with Gasteiger partial charge in [-0.05, 0) is 25.3 Å². The van der Waals surface area contributed by atoms with Gasteiger partial charge in [0.2, 0.25) is 5.91 Å². The van der Waals surface area contributed by atoms with Crippen molar-refractivity contribution in [2.75, 3.05) is 5.73 Å². The van der Waals surface area contributed by atoms with Gasteiger partial charge in [0.1, 0.15) is 5.82 Å². The highest BCUT2D eigenvalue weighted by atomic mass is 16.3. The molecule has 0 saturated heterocycles. The van der Waals surface area contributed by atoms with Crippen molar-refractivity contribution >= 4 is 18.2 Å². The summed E-state index contributed by atoms with van der Waals surface area (Å²) in [5, 5.41) is 9.76. The van der Waals surface area contributed by atoms with E-state index >= 15 is 0 Å². The Labute approximate surface area is 117 Å². The molecule has 0 spiro atoms. The van der Waals surface area contributed by atoms with Crippen molar-refractivity contribution in [3.8, 4) is 0 Å². The molecule has 0 unspecified atom stereocenters. The number of allylic oxidation sites excluding steroid dienone is 1. The first kappa shape index (κ1) is 15.7. The van der Waals surface area contributed by atoms with Crippen molar-refractivity contribution in [2.24, 2.45) is 0 Å². The molecule has 0 saturated carbocycles. The zero-order chi connectivity index (χ0) is 14.8. The number of nitrogens with one attached hydrogen (secondary N) is 1. The van der Waals surface area contributed by atoms with E-state index in [9.17, 15) is 4.79 Å². The van der Waals surface area contributed by atoms with E-state index in [0.717, 1.165) is 18.4 Å². The Hall–Kier alpha value is -2.37. The minimum absolute atomic E-state index is 0.0569. The molecule has 1 aromatic rings. The van der Waals surface area contributed by atoms with E-state index in [4.69, 9.17) is 15.6 Å². The first-order valence-electron chi connectivity index (χ1n) is 6.39. The number of rotatable bonds is 4. The maximum Gasteiger partial charge on any atom is 0.290 e. The number of carboxylic acid groups (broad SMARTS) is 1. The first-order valence-corrected chi connectivity index (χ1v) is 6.39. The Balaban J connectivity index is 0.000000612. The third-order valence-corrected chi connectivity index (χ3v) is 2.92. The van der Waals surface area contributed by atoms with Gasteiger partial charge in [-0.2, -0.15) is 0 Å². The highest BCUT2D eigenvalue weighted by Gasteiger charge is 2.09. The van der Waals surface area contributed by atoms with E-state index in [1.807, 2.05) is 12.1 Å². The molecular formula is C14H19N3O3. The van der Waals surface area contributed by atoms with Crippen LogP contribution in [-0.2, 0) is 16.1 Å². The van der Waals surface area contributed by atoms with Crippen LogP contribution in [0.25, 0.3) is 0 Å². The lowest BCUT2D eigenvalue weighted by Gasteiger charge is -2.07. The third-order valence-electron chi connectivity index (χ3n) is 2.92. The predicted octanol–water partition coefficient (Wildman–Crippen LogP) is 1.48. The van der Waals surface area contributed by atoms with Crippen LogP contribution in [0.3, 0.4) is 0 Å². The molecule has 0 aliphatic heterocycles. The van der Waals surface area contributed by atoms with Gasteiger partial charge in [-0.15, -0.1) is 0 Å². The normalized spacial score (nSPS) is 12.9. The van der Waals surface area contributed by atoms with E-state index < -0.39 is 0 Å². The minimum Gasteiger partial charge on any atom is -0.483 e. The van der Waals surface area contributed by atoms with E-state index in [-0.39, 0.29) is 12.4 Å². The largest absolute Gasteiger partial charge is 0.483 e. The summed E-state index contributed by atoms with van der Waals surface area (Å²) in [5.41, 5.74) is 7.81. The molecule has 2 rings (SSSR count). The maximum absolute atomic E-state index is 11.7. The second-order valence-electron chi connectivity index (χ2n) is 4.36. The number of nitrogens with zero attached hydrogens (tertiary/aromatic N) is 1. The van der Waals surface area contributed by atoms with Gasteiger partial charge < -0.3 is 16.2 Å². The van der Waals surface area contributed by atoms with Crippen molar-refractivity contribution in [2.45, 2.75) is 32.2 Å². The molecule has 0 radical (unpaired) electrons. The van der Waals surface area contributed by atoms with Crippen LogP contribution >= 0.6 is 0 Å². The van der Waals surface area contributed by atoms with Gasteiger partial charge in [-0.25, -0.2) is 4.98 Å². The lowest BCUT2D eigenvalue weighted by molar-refractivity contribution is -0.123. The van der Waals surface area contributed by atoms with Crippen LogP contribution in [0.4, 0.5) is 5.82 Å². The molecule has 108 valence electrons. The summed E-state index contributed by atoms with van der Waals surface area (Å²) in [7, 11) is 0. The molecule has 0 fully saturated rings. The summed E-state index contributed by atoms with van der Waals surface area (Å²) in [4.78, 5) is 24.0. The number of nitrogens with two attached hydrogens (primary N) is 1.